The van der Waals surface area contributed by atoms with E-state index in [1.54, 1.807) is 0 Å². The minimum absolute atomic E-state index is 0.125. The fraction of sp³-hybridized carbons (Fsp3) is 0.353. The Labute approximate surface area is 142 Å². The van der Waals surface area contributed by atoms with E-state index in [0.717, 1.165) is 25.0 Å². The second-order valence-electron chi connectivity index (χ2n) is 6.49. The summed E-state index contributed by atoms with van der Waals surface area (Å²) in [4.78, 5) is 34.5. The molecule has 128 valence electrons. The van der Waals surface area contributed by atoms with Gasteiger partial charge in [-0.15, -0.1) is 0 Å². The second kappa shape index (κ2) is 5.80. The number of fused-ring (bicyclic) bond motifs is 1. The van der Waals surface area contributed by atoms with Gasteiger partial charge in [-0.3, -0.25) is 9.78 Å². The van der Waals surface area contributed by atoms with Crippen LogP contribution in [0, 0.1) is 5.92 Å². The summed E-state index contributed by atoms with van der Waals surface area (Å²) in [7, 11) is 1.54. The molecule has 0 spiro atoms. The van der Waals surface area contributed by atoms with E-state index in [1.165, 1.54) is 23.4 Å². The molecule has 0 fully saturated rings. The largest absolute Gasteiger partial charge is 0.332 e. The van der Waals surface area contributed by atoms with Gasteiger partial charge < -0.3 is 9.09 Å². The number of rotatable bonds is 2. The van der Waals surface area contributed by atoms with Gasteiger partial charge in [0.1, 0.15) is 11.3 Å². The Morgan fingerprint density at radius 2 is 2.12 bits per heavy atom. The van der Waals surface area contributed by atoms with Crippen molar-refractivity contribution in [3.8, 4) is 23.0 Å². The first-order valence-corrected chi connectivity index (χ1v) is 8.14. The number of aromatic amines is 1. The smallest absolute Gasteiger partial charge is 0.328 e. The Kier molecular flexibility index (Phi) is 3.60. The number of nitrogens with zero attached hydrogens (tertiary/aromatic N) is 4. The molecule has 0 radical (unpaired) electrons. The van der Waals surface area contributed by atoms with E-state index in [9.17, 15) is 9.59 Å². The van der Waals surface area contributed by atoms with Crippen molar-refractivity contribution in [1.82, 2.24) is 24.7 Å². The Bertz CT molecular complexity index is 1060. The van der Waals surface area contributed by atoms with Crippen LogP contribution in [0.4, 0.5) is 0 Å². The molecule has 1 unspecified atom stereocenters. The molecule has 1 atom stereocenters. The maximum Gasteiger partial charge on any atom is 0.328 e. The standard InChI is InChI=1S/C17H17N5O3/c1-9-3-5-12-10(7-9)4-6-13(18-12)16-19-14(21-25-16)11-8-22(2)17(24)20-15(11)23/h4,6,8-9H,3,5,7H2,1-2H3,(H,20,23,24). The van der Waals surface area contributed by atoms with Crippen LogP contribution in [0.5, 0.6) is 0 Å². The number of hydrogen-bond acceptors (Lipinski definition) is 6. The summed E-state index contributed by atoms with van der Waals surface area (Å²) in [6.07, 6.45) is 4.47. The lowest BCUT2D eigenvalue weighted by atomic mass is 9.88. The van der Waals surface area contributed by atoms with Crippen LogP contribution in [0.25, 0.3) is 23.0 Å². The summed E-state index contributed by atoms with van der Waals surface area (Å²) < 4.78 is 6.53. The van der Waals surface area contributed by atoms with E-state index in [2.05, 4.69) is 33.1 Å². The van der Waals surface area contributed by atoms with Crippen LogP contribution in [-0.4, -0.2) is 24.7 Å². The molecule has 3 heterocycles. The van der Waals surface area contributed by atoms with E-state index in [1.807, 2.05) is 6.07 Å². The van der Waals surface area contributed by atoms with Crippen molar-refractivity contribution in [3.63, 3.8) is 0 Å². The molecule has 1 aliphatic rings. The quantitative estimate of drug-likeness (QED) is 0.754. The summed E-state index contributed by atoms with van der Waals surface area (Å²) >= 11 is 0. The fourth-order valence-corrected chi connectivity index (χ4v) is 3.07. The molecule has 3 aromatic heterocycles. The molecule has 0 bridgehead atoms. The fourth-order valence-electron chi connectivity index (χ4n) is 3.07. The van der Waals surface area contributed by atoms with Gasteiger partial charge in [0.15, 0.2) is 0 Å². The Hall–Kier alpha value is -3.03. The van der Waals surface area contributed by atoms with E-state index < -0.39 is 11.2 Å². The zero-order chi connectivity index (χ0) is 17.6. The molecular formula is C17H17N5O3. The Morgan fingerprint density at radius 1 is 1.28 bits per heavy atom. The number of pyridine rings is 1. The minimum Gasteiger partial charge on any atom is -0.332 e. The van der Waals surface area contributed by atoms with Crippen LogP contribution < -0.4 is 11.2 Å². The molecule has 8 nitrogen and oxygen atoms in total. The van der Waals surface area contributed by atoms with Crippen molar-refractivity contribution in [2.45, 2.75) is 26.2 Å². The molecule has 4 rings (SSSR count). The predicted molar refractivity (Wildman–Crippen MR) is 90.0 cm³/mol. The van der Waals surface area contributed by atoms with Gasteiger partial charge in [0.2, 0.25) is 5.82 Å². The first kappa shape index (κ1) is 15.5. The maximum atomic E-state index is 12.0. The van der Waals surface area contributed by atoms with E-state index >= 15 is 0 Å². The summed E-state index contributed by atoms with van der Waals surface area (Å²) in [5.74, 6) is 1.05. The highest BCUT2D eigenvalue weighted by Gasteiger charge is 2.20. The lowest BCUT2D eigenvalue weighted by Gasteiger charge is -2.20. The number of aromatic nitrogens is 5. The highest BCUT2D eigenvalue weighted by Crippen LogP contribution is 2.27. The van der Waals surface area contributed by atoms with Gasteiger partial charge >= 0.3 is 5.69 Å². The molecule has 0 saturated heterocycles. The average Bonchev–Trinajstić information content (AvgIpc) is 3.07. The van der Waals surface area contributed by atoms with Gasteiger partial charge in [0.05, 0.1) is 0 Å². The highest BCUT2D eigenvalue weighted by molar-refractivity contribution is 5.56. The second-order valence-corrected chi connectivity index (χ2v) is 6.49. The van der Waals surface area contributed by atoms with Gasteiger partial charge in [-0.2, -0.15) is 4.98 Å². The number of hydrogen-bond donors (Lipinski definition) is 1. The van der Waals surface area contributed by atoms with Crippen LogP contribution in [-0.2, 0) is 19.9 Å². The number of aryl methyl sites for hydroxylation is 2. The molecule has 3 aromatic rings. The maximum absolute atomic E-state index is 12.0. The average molecular weight is 339 g/mol. The molecule has 0 aromatic carbocycles. The first-order chi connectivity index (χ1) is 12.0. The normalized spacial score (nSPS) is 16.6. The highest BCUT2D eigenvalue weighted by atomic mass is 16.5. The van der Waals surface area contributed by atoms with Gasteiger partial charge in [-0.25, -0.2) is 9.78 Å². The van der Waals surface area contributed by atoms with E-state index in [4.69, 9.17) is 4.52 Å². The summed E-state index contributed by atoms with van der Waals surface area (Å²) in [5, 5.41) is 3.86. The van der Waals surface area contributed by atoms with Gasteiger partial charge in [0, 0.05) is 18.9 Å². The Balaban J connectivity index is 1.72. The lowest BCUT2D eigenvalue weighted by Crippen LogP contribution is -2.28. The van der Waals surface area contributed by atoms with Gasteiger partial charge in [-0.05, 0) is 36.8 Å². The third-order valence-corrected chi connectivity index (χ3v) is 4.51. The summed E-state index contributed by atoms with van der Waals surface area (Å²) in [5.41, 5.74) is 2.04. The molecular weight excluding hydrogens is 322 g/mol. The molecule has 0 amide bonds. The molecule has 1 N–H and O–H groups in total. The van der Waals surface area contributed by atoms with E-state index in [-0.39, 0.29) is 17.3 Å². The summed E-state index contributed by atoms with van der Waals surface area (Å²) in [6, 6.07) is 3.91. The zero-order valence-electron chi connectivity index (χ0n) is 13.9. The SMILES string of the molecule is CC1CCc2nc(-c3nc(-c4cn(C)c(=O)[nH]c4=O)no3)ccc2C1. The predicted octanol–water partition coefficient (Wildman–Crippen LogP) is 1.31. The van der Waals surface area contributed by atoms with Crippen molar-refractivity contribution in [2.24, 2.45) is 13.0 Å². The summed E-state index contributed by atoms with van der Waals surface area (Å²) in [6.45, 7) is 2.24. The third kappa shape index (κ3) is 2.79. The monoisotopic (exact) mass is 339 g/mol. The van der Waals surface area contributed by atoms with Crippen molar-refractivity contribution in [1.29, 1.82) is 0 Å². The molecule has 0 saturated carbocycles. The third-order valence-electron chi connectivity index (χ3n) is 4.51. The van der Waals surface area contributed by atoms with Crippen LogP contribution in [0.1, 0.15) is 24.6 Å². The molecule has 25 heavy (non-hydrogen) atoms. The van der Waals surface area contributed by atoms with Crippen molar-refractivity contribution in [2.75, 3.05) is 0 Å². The van der Waals surface area contributed by atoms with Crippen LogP contribution in [0.15, 0.2) is 32.4 Å². The van der Waals surface area contributed by atoms with E-state index in [0.29, 0.717) is 11.6 Å². The van der Waals surface area contributed by atoms with Crippen molar-refractivity contribution < 1.29 is 4.52 Å². The lowest BCUT2D eigenvalue weighted by molar-refractivity contribution is 0.430. The van der Waals surface area contributed by atoms with Crippen LogP contribution >= 0.6 is 0 Å². The van der Waals surface area contributed by atoms with Gasteiger partial charge in [0.25, 0.3) is 11.4 Å². The molecule has 0 aliphatic heterocycles. The number of H-pyrrole nitrogens is 1. The zero-order valence-corrected chi connectivity index (χ0v) is 13.9. The van der Waals surface area contributed by atoms with Crippen molar-refractivity contribution in [3.05, 3.63) is 50.4 Å². The minimum atomic E-state index is -0.553. The van der Waals surface area contributed by atoms with Gasteiger partial charge in [-0.1, -0.05) is 18.1 Å². The topological polar surface area (TPSA) is 107 Å². The van der Waals surface area contributed by atoms with Crippen molar-refractivity contribution >= 4 is 0 Å². The Morgan fingerprint density at radius 3 is 2.96 bits per heavy atom. The van der Waals surface area contributed by atoms with Crippen LogP contribution in [0.2, 0.25) is 0 Å². The van der Waals surface area contributed by atoms with Crippen LogP contribution in [0.3, 0.4) is 0 Å². The molecule has 8 heteroatoms. The number of nitrogens with one attached hydrogen (secondary N) is 1. The first-order valence-electron chi connectivity index (χ1n) is 8.14. The molecule has 1 aliphatic carbocycles.